The number of halogens is 6. The van der Waals surface area contributed by atoms with Crippen molar-refractivity contribution in [3.8, 4) is 12.1 Å². The molecule has 4 heterocycles. The number of nitriles is 2. The number of carbonyl (C=O) groups is 6. The molecule has 4 aromatic rings. The van der Waals surface area contributed by atoms with Crippen molar-refractivity contribution in [3.63, 3.8) is 0 Å². The minimum absolute atomic E-state index is 0.0286. The molecule has 4 aliphatic rings. The number of urea groups is 2. The van der Waals surface area contributed by atoms with Crippen molar-refractivity contribution in [2.24, 2.45) is 0 Å². The average molecular weight is 1040 g/mol. The monoisotopic (exact) mass is 1040 g/mol. The molecule has 0 saturated heterocycles. The molecule has 0 bridgehead atoms. The molecule has 23 heteroatoms. The lowest BCUT2D eigenvalue weighted by Gasteiger charge is -2.41. The third kappa shape index (κ3) is 10.6. The molecule has 2 atom stereocenters. The molecule has 0 aliphatic carbocycles. The first-order valence-electron chi connectivity index (χ1n) is 23.3. The van der Waals surface area contributed by atoms with E-state index in [1.807, 2.05) is 26.2 Å². The van der Waals surface area contributed by atoms with Crippen molar-refractivity contribution in [3.05, 3.63) is 153 Å². The van der Waals surface area contributed by atoms with Gasteiger partial charge < -0.3 is 34.3 Å². The average Bonchev–Trinajstić information content (AvgIpc) is 3.85. The summed E-state index contributed by atoms with van der Waals surface area (Å²) in [6.45, 7) is -1.30. The maximum absolute atomic E-state index is 14.6. The van der Waals surface area contributed by atoms with Gasteiger partial charge in [0.25, 0.3) is 11.8 Å². The smallest absolute Gasteiger partial charge is 0.416 e. The number of nitrogens with zero attached hydrogens (tertiary/aromatic N) is 9. The Balaban J connectivity index is 1.01. The number of benzene rings is 4. The summed E-state index contributed by atoms with van der Waals surface area (Å²) in [6.07, 6.45) is -8.93. The van der Waals surface area contributed by atoms with Crippen molar-refractivity contribution >= 4 is 47.2 Å². The number of aliphatic carboxylic acids is 2. The van der Waals surface area contributed by atoms with Crippen LogP contribution in [-0.2, 0) is 31.5 Å². The van der Waals surface area contributed by atoms with Crippen LogP contribution in [0.1, 0.15) is 58.3 Å². The molecule has 0 spiro atoms. The van der Waals surface area contributed by atoms with Gasteiger partial charge in [-0.15, -0.1) is 0 Å². The highest BCUT2D eigenvalue weighted by atomic mass is 19.4. The van der Waals surface area contributed by atoms with Crippen LogP contribution in [0.25, 0.3) is 0 Å². The molecule has 8 rings (SSSR count). The van der Waals surface area contributed by atoms with Crippen molar-refractivity contribution in [2.45, 2.75) is 37.3 Å². The van der Waals surface area contributed by atoms with E-state index in [9.17, 15) is 75.8 Å². The van der Waals surface area contributed by atoms with Crippen LogP contribution in [0.4, 0.5) is 47.3 Å². The van der Waals surface area contributed by atoms with Gasteiger partial charge in [0.2, 0.25) is 0 Å². The molecule has 0 saturated carbocycles. The Morgan fingerprint density at radius 3 is 1.28 bits per heavy atom. The molecule has 0 fully saturated rings. The predicted octanol–water partition coefficient (Wildman–Crippen LogP) is 7.35. The van der Waals surface area contributed by atoms with E-state index in [-0.39, 0.29) is 82.3 Å². The van der Waals surface area contributed by atoms with E-state index in [4.69, 9.17) is 0 Å². The van der Waals surface area contributed by atoms with Crippen LogP contribution in [0.15, 0.2) is 120 Å². The zero-order chi connectivity index (χ0) is 54.3. The van der Waals surface area contributed by atoms with Gasteiger partial charge in [0.05, 0.1) is 121 Å². The minimum Gasteiger partial charge on any atom is -0.480 e. The van der Waals surface area contributed by atoms with Crippen molar-refractivity contribution in [1.82, 2.24) is 19.6 Å². The molecule has 2 N–H and O–H groups in total. The van der Waals surface area contributed by atoms with Crippen LogP contribution in [0.5, 0.6) is 0 Å². The number of quaternary nitrogens is 1. The second-order valence-corrected chi connectivity index (χ2v) is 18.9. The molecule has 388 valence electrons. The molecule has 4 aliphatic heterocycles. The van der Waals surface area contributed by atoms with Gasteiger partial charge in [-0.1, -0.05) is 36.4 Å². The lowest BCUT2D eigenvalue weighted by molar-refractivity contribution is -0.890. The number of hydrogen-bond acceptors (Lipinski definition) is 8. The van der Waals surface area contributed by atoms with E-state index in [0.717, 1.165) is 56.0 Å². The van der Waals surface area contributed by atoms with E-state index in [0.29, 0.717) is 30.4 Å². The topological polar surface area (TPSA) is 210 Å². The fourth-order valence-electron chi connectivity index (χ4n) is 10.0. The standard InChI is InChI=1S/C52H45F6N9O8/c1-67(2,21-5-19-61-27-39-43(47(61)72)45(33-15-11-31(25-59)12-16-33)63(29-41(68)69)49(74)65(39)37-9-3-7-35(23-37)51(53,54)55)22-6-20-62-28-40-44(48(62)73)46(34-17-13-32(26-60)14-18-34)64(30-42(70)71)50(75)66(40)38-10-4-8-36(24-38)52(56,57)58/h3-4,7-18,23-24,45-46H,5-6,19-22,27-30H2,1-2H3,(H-,68,69,70,71)/p+1/t45-,46-/m1/s1. The molecular formula is C52H46F6N9O8+. The Bertz CT molecular complexity index is 2940. The van der Waals surface area contributed by atoms with Gasteiger partial charge in [0.1, 0.15) is 13.1 Å². The molecular weight excluding hydrogens is 993 g/mol. The van der Waals surface area contributed by atoms with Crippen LogP contribution >= 0.6 is 0 Å². The van der Waals surface area contributed by atoms with Gasteiger partial charge in [-0.05, 0) is 71.8 Å². The van der Waals surface area contributed by atoms with Crippen molar-refractivity contribution < 1.29 is 69.8 Å². The largest absolute Gasteiger partial charge is 0.480 e. The van der Waals surface area contributed by atoms with Crippen LogP contribution < -0.4 is 9.80 Å². The summed E-state index contributed by atoms with van der Waals surface area (Å²) >= 11 is 0. The highest BCUT2D eigenvalue weighted by molar-refractivity contribution is 6.09. The minimum atomic E-state index is -4.81. The molecule has 6 amide bonds. The van der Waals surface area contributed by atoms with Gasteiger partial charge in [-0.25, -0.2) is 9.59 Å². The molecule has 0 unspecified atom stereocenters. The van der Waals surface area contributed by atoms with E-state index < -0.39 is 84.5 Å². The summed E-state index contributed by atoms with van der Waals surface area (Å²) in [4.78, 5) is 88.9. The molecule has 0 aromatic heterocycles. The second-order valence-electron chi connectivity index (χ2n) is 18.9. The highest BCUT2D eigenvalue weighted by Gasteiger charge is 2.51. The number of carboxylic acids is 2. The number of carboxylic acid groups (broad SMARTS) is 2. The number of anilines is 2. The summed E-state index contributed by atoms with van der Waals surface area (Å²) in [7, 11) is 3.78. The van der Waals surface area contributed by atoms with Gasteiger partial charge in [-0.3, -0.25) is 29.0 Å². The van der Waals surface area contributed by atoms with Gasteiger partial charge in [-0.2, -0.15) is 36.9 Å². The Labute approximate surface area is 424 Å². The SMILES string of the molecule is C[N+](C)(CCCN1CC2=C(C1=O)[C@@H](c1ccc(C#N)cc1)N(CC(=O)O)C(=O)N2c1cccc(C(F)(F)F)c1)CCCN1CC2=C(C1=O)[C@@H](c1ccc(C#N)cc1)N(CC(=O)O)C(=O)N2c1cccc(C(F)(F)F)c1. The van der Waals surface area contributed by atoms with Gasteiger partial charge in [0, 0.05) is 25.9 Å². The summed E-state index contributed by atoms with van der Waals surface area (Å²) in [5.74, 6) is -4.09. The number of alkyl halides is 6. The molecule has 17 nitrogen and oxygen atoms in total. The summed E-state index contributed by atoms with van der Waals surface area (Å²) in [5.41, 5.74) is -1.53. The lowest BCUT2D eigenvalue weighted by atomic mass is 9.92. The maximum Gasteiger partial charge on any atom is 0.416 e. The molecule has 75 heavy (non-hydrogen) atoms. The Morgan fingerprint density at radius 1 is 0.600 bits per heavy atom. The Kier molecular flexibility index (Phi) is 14.2. The summed E-state index contributed by atoms with van der Waals surface area (Å²) in [6, 6.07) is 18.8. The quantitative estimate of drug-likeness (QED) is 0.0842. The lowest BCUT2D eigenvalue weighted by Crippen LogP contribution is -2.52. The Hall–Kier alpha value is -8.70. The number of amides is 6. The normalized spacial score (nSPS) is 18.2. The summed E-state index contributed by atoms with van der Waals surface area (Å²) < 4.78 is 84.2. The zero-order valence-electron chi connectivity index (χ0n) is 40.1. The first-order chi connectivity index (χ1) is 35.4. The number of hydrogen-bond donors (Lipinski definition) is 2. The zero-order valence-corrected chi connectivity index (χ0v) is 40.1. The van der Waals surface area contributed by atoms with Crippen molar-refractivity contribution in [1.29, 1.82) is 10.5 Å². The van der Waals surface area contributed by atoms with Crippen LogP contribution in [0.2, 0.25) is 0 Å². The predicted molar refractivity (Wildman–Crippen MR) is 253 cm³/mol. The second kappa shape index (κ2) is 20.3. The number of rotatable bonds is 16. The third-order valence-electron chi connectivity index (χ3n) is 13.5. The first-order valence-corrected chi connectivity index (χ1v) is 23.3. The Morgan fingerprint density at radius 2 is 0.960 bits per heavy atom. The number of carbonyl (C=O) groups excluding carboxylic acids is 4. The highest BCUT2D eigenvalue weighted by Crippen LogP contribution is 2.46. The van der Waals surface area contributed by atoms with E-state index in [1.165, 1.54) is 70.5 Å². The summed E-state index contributed by atoms with van der Waals surface area (Å²) in [5, 5.41) is 38.8. The van der Waals surface area contributed by atoms with Crippen LogP contribution in [-0.4, -0.2) is 137 Å². The molecule has 4 aromatic carbocycles. The van der Waals surface area contributed by atoms with Gasteiger partial charge in [0.15, 0.2) is 0 Å². The van der Waals surface area contributed by atoms with E-state index >= 15 is 0 Å². The van der Waals surface area contributed by atoms with E-state index in [1.54, 1.807) is 0 Å². The van der Waals surface area contributed by atoms with Crippen molar-refractivity contribution in [2.75, 3.05) is 76.3 Å². The first kappa shape index (κ1) is 52.6. The fraction of sp³-hybridized carbons (Fsp3) is 0.308. The molecule has 0 radical (unpaired) electrons. The maximum atomic E-state index is 14.6. The van der Waals surface area contributed by atoms with E-state index in [2.05, 4.69) is 0 Å². The van der Waals surface area contributed by atoms with Gasteiger partial charge >= 0.3 is 36.4 Å². The van der Waals surface area contributed by atoms with Crippen LogP contribution in [0.3, 0.4) is 0 Å². The fourth-order valence-corrected chi connectivity index (χ4v) is 10.0. The third-order valence-corrected chi connectivity index (χ3v) is 13.5. The van der Waals surface area contributed by atoms with Crippen LogP contribution in [0, 0.1) is 22.7 Å².